The summed E-state index contributed by atoms with van der Waals surface area (Å²) in [6.07, 6.45) is 0. The largest absolute Gasteiger partial charge is 0.264 e. The zero-order valence-electron chi connectivity index (χ0n) is 22.3. The molecular weight excluding hydrogens is 510 g/mol. The van der Waals surface area contributed by atoms with Gasteiger partial charge in [0.15, 0.2) is 0 Å². The van der Waals surface area contributed by atoms with Crippen molar-refractivity contribution in [3.8, 4) is 29.2 Å². The molecule has 0 N–H and O–H groups in total. The molecule has 0 saturated heterocycles. The number of hydrogen-bond donors (Lipinski definition) is 0. The maximum Gasteiger partial charge on any atom is 0.242 e. The smallest absolute Gasteiger partial charge is 0.242 e. The number of fused-ring (bicyclic) bond motifs is 3. The van der Waals surface area contributed by atoms with Crippen molar-refractivity contribution < 1.29 is 0 Å². The van der Waals surface area contributed by atoms with Crippen LogP contribution in [0, 0.1) is 13.8 Å². The minimum atomic E-state index is 0.451. The average molecular weight is 534 g/mol. The molecule has 0 bridgehead atoms. The van der Waals surface area contributed by atoms with E-state index in [1.807, 2.05) is 131 Å². The Morgan fingerprint density at radius 2 is 0.780 bits per heavy atom. The molecule has 196 valence electrons. The van der Waals surface area contributed by atoms with Crippen LogP contribution in [0.2, 0.25) is 0 Å². The molecule has 9 heteroatoms. The summed E-state index contributed by atoms with van der Waals surface area (Å²) < 4.78 is 5.95. The van der Waals surface area contributed by atoms with E-state index in [1.165, 1.54) is 0 Å². The first-order valence-electron chi connectivity index (χ1n) is 13.3. The van der Waals surface area contributed by atoms with Crippen LogP contribution in [0.4, 0.5) is 0 Å². The quantitative estimate of drug-likeness (QED) is 0.269. The molecular formula is C32H23N9. The summed E-state index contributed by atoms with van der Waals surface area (Å²) in [5.41, 5.74) is 6.28. The Bertz CT molecular complexity index is 2140. The third-order valence-electron chi connectivity index (χ3n) is 7.25. The normalized spacial score (nSPS) is 11.7. The molecule has 4 aromatic heterocycles. The topological polar surface area (TPSA) is 92.1 Å². The third kappa shape index (κ3) is 3.63. The molecule has 0 aliphatic heterocycles. The fourth-order valence-corrected chi connectivity index (χ4v) is 5.45. The number of aryl methyl sites for hydroxylation is 2. The lowest BCUT2D eigenvalue weighted by Crippen LogP contribution is -2.15. The van der Waals surface area contributed by atoms with Gasteiger partial charge in [-0.3, -0.25) is 13.7 Å². The van der Waals surface area contributed by atoms with Gasteiger partial charge in [-0.05, 0) is 50.2 Å². The van der Waals surface area contributed by atoms with Crippen LogP contribution in [0.1, 0.15) is 11.6 Å². The standard InChI is InChI=1S/C32H23N9/c1-20-33-23-14-6-9-17-26(23)39(20)30-36-31(40-21(2)34-24-15-7-10-18-27(24)40)38-32(37-30)41-28-19-11-8-16-25(28)35-29(41)22-12-4-3-5-13-22/h3-19H,1-2H3. The van der Waals surface area contributed by atoms with E-state index in [1.54, 1.807) is 0 Å². The monoisotopic (exact) mass is 533 g/mol. The van der Waals surface area contributed by atoms with Crippen LogP contribution in [-0.4, -0.2) is 43.6 Å². The van der Waals surface area contributed by atoms with E-state index >= 15 is 0 Å². The highest BCUT2D eigenvalue weighted by atomic mass is 15.3. The minimum absolute atomic E-state index is 0.451. The molecule has 0 radical (unpaired) electrons. The predicted octanol–water partition coefficient (Wildman–Crippen LogP) is 6.17. The highest BCUT2D eigenvalue weighted by Gasteiger charge is 2.22. The molecule has 4 aromatic carbocycles. The average Bonchev–Trinajstić information content (AvgIpc) is 3.66. The Balaban J connectivity index is 1.48. The number of nitrogens with zero attached hydrogens (tertiary/aromatic N) is 9. The van der Waals surface area contributed by atoms with Crippen molar-refractivity contribution in [2.75, 3.05) is 0 Å². The van der Waals surface area contributed by atoms with Crippen LogP contribution in [0.3, 0.4) is 0 Å². The number of para-hydroxylation sites is 6. The van der Waals surface area contributed by atoms with Gasteiger partial charge in [-0.1, -0.05) is 66.7 Å². The number of aromatic nitrogens is 9. The molecule has 0 aliphatic carbocycles. The molecule has 0 atom stereocenters. The van der Waals surface area contributed by atoms with E-state index in [2.05, 4.69) is 0 Å². The highest BCUT2D eigenvalue weighted by molar-refractivity contribution is 5.83. The minimum Gasteiger partial charge on any atom is -0.264 e. The van der Waals surface area contributed by atoms with Crippen LogP contribution in [0.25, 0.3) is 62.3 Å². The van der Waals surface area contributed by atoms with Gasteiger partial charge in [0.2, 0.25) is 17.8 Å². The fourth-order valence-electron chi connectivity index (χ4n) is 5.45. The Labute approximate surface area is 234 Å². The summed E-state index contributed by atoms with van der Waals surface area (Å²) in [5.74, 6) is 3.68. The third-order valence-corrected chi connectivity index (χ3v) is 7.25. The first-order valence-corrected chi connectivity index (χ1v) is 13.3. The summed E-state index contributed by atoms with van der Waals surface area (Å²) in [7, 11) is 0. The second-order valence-electron chi connectivity index (χ2n) is 9.83. The van der Waals surface area contributed by atoms with Gasteiger partial charge >= 0.3 is 0 Å². The van der Waals surface area contributed by atoms with E-state index in [0.29, 0.717) is 17.8 Å². The van der Waals surface area contributed by atoms with Crippen molar-refractivity contribution in [3.63, 3.8) is 0 Å². The number of imidazole rings is 3. The van der Waals surface area contributed by atoms with Crippen molar-refractivity contribution >= 4 is 33.1 Å². The van der Waals surface area contributed by atoms with Crippen molar-refractivity contribution in [2.45, 2.75) is 13.8 Å². The molecule has 0 fully saturated rings. The summed E-state index contributed by atoms with van der Waals surface area (Å²) in [4.78, 5) is 29.7. The van der Waals surface area contributed by atoms with Gasteiger partial charge in [0.05, 0.1) is 33.1 Å². The Kier molecular flexibility index (Phi) is 5.05. The van der Waals surface area contributed by atoms with E-state index in [9.17, 15) is 0 Å². The zero-order valence-corrected chi connectivity index (χ0v) is 22.3. The second-order valence-corrected chi connectivity index (χ2v) is 9.83. The molecule has 0 spiro atoms. The fraction of sp³-hybridized carbons (Fsp3) is 0.0625. The van der Waals surface area contributed by atoms with Crippen molar-refractivity contribution in [3.05, 3.63) is 115 Å². The van der Waals surface area contributed by atoms with Gasteiger partial charge < -0.3 is 0 Å². The van der Waals surface area contributed by atoms with Gasteiger partial charge in [0.1, 0.15) is 17.5 Å². The van der Waals surface area contributed by atoms with Crippen LogP contribution in [0.15, 0.2) is 103 Å². The highest BCUT2D eigenvalue weighted by Crippen LogP contribution is 2.29. The maximum atomic E-state index is 5.08. The number of benzene rings is 4. The first-order chi connectivity index (χ1) is 20.2. The van der Waals surface area contributed by atoms with Crippen molar-refractivity contribution in [1.82, 2.24) is 43.6 Å². The summed E-state index contributed by atoms with van der Waals surface area (Å²) in [5, 5.41) is 0. The number of hydrogen-bond acceptors (Lipinski definition) is 6. The predicted molar refractivity (Wildman–Crippen MR) is 159 cm³/mol. The van der Waals surface area contributed by atoms with Gasteiger partial charge in [0.25, 0.3) is 0 Å². The summed E-state index contributed by atoms with van der Waals surface area (Å²) in [6.45, 7) is 3.92. The molecule has 9 nitrogen and oxygen atoms in total. The molecule has 0 saturated carbocycles. The SMILES string of the molecule is Cc1nc2ccccc2n1-c1nc(-n2c(C)nc3ccccc32)nc(-n2c(-c3ccccc3)nc3ccccc32)n1. The number of rotatable bonds is 4. The molecule has 0 amide bonds. The van der Waals surface area contributed by atoms with Gasteiger partial charge in [-0.2, -0.15) is 15.0 Å². The van der Waals surface area contributed by atoms with Crippen molar-refractivity contribution in [2.24, 2.45) is 0 Å². The van der Waals surface area contributed by atoms with E-state index in [-0.39, 0.29) is 0 Å². The molecule has 0 aliphatic rings. The second kappa shape index (κ2) is 8.92. The lowest BCUT2D eigenvalue weighted by Gasteiger charge is -2.14. The molecule has 41 heavy (non-hydrogen) atoms. The van der Waals surface area contributed by atoms with Crippen LogP contribution < -0.4 is 0 Å². The lowest BCUT2D eigenvalue weighted by atomic mass is 10.2. The van der Waals surface area contributed by atoms with E-state index < -0.39 is 0 Å². The lowest BCUT2D eigenvalue weighted by molar-refractivity contribution is 0.798. The van der Waals surface area contributed by atoms with Crippen molar-refractivity contribution in [1.29, 1.82) is 0 Å². The Morgan fingerprint density at radius 3 is 1.29 bits per heavy atom. The molecule has 4 heterocycles. The molecule has 8 aromatic rings. The molecule has 0 unspecified atom stereocenters. The van der Waals surface area contributed by atoms with Gasteiger partial charge in [-0.15, -0.1) is 0 Å². The van der Waals surface area contributed by atoms with Crippen LogP contribution in [0.5, 0.6) is 0 Å². The first kappa shape index (κ1) is 23.2. The summed E-state index contributed by atoms with van der Waals surface area (Å²) in [6, 6.07) is 34.1. The Hall–Kier alpha value is -5.70. The van der Waals surface area contributed by atoms with Gasteiger partial charge in [-0.25, -0.2) is 15.0 Å². The Morgan fingerprint density at radius 1 is 0.390 bits per heavy atom. The van der Waals surface area contributed by atoms with E-state index in [0.717, 1.165) is 56.1 Å². The van der Waals surface area contributed by atoms with Crippen LogP contribution >= 0.6 is 0 Å². The maximum absolute atomic E-state index is 5.08. The van der Waals surface area contributed by atoms with Gasteiger partial charge in [0, 0.05) is 5.56 Å². The van der Waals surface area contributed by atoms with E-state index in [4.69, 9.17) is 29.9 Å². The molecule has 8 rings (SSSR count). The van der Waals surface area contributed by atoms with Crippen LogP contribution in [-0.2, 0) is 0 Å². The zero-order chi connectivity index (χ0) is 27.5. The summed E-state index contributed by atoms with van der Waals surface area (Å²) >= 11 is 0.